The maximum atomic E-state index is 11.7. The predicted octanol–water partition coefficient (Wildman–Crippen LogP) is 2.35. The SMILES string of the molecule is COc1ccccc1[C@@H](NC(=O)OC(C)(C)C)C(=O)O. The number of aliphatic carboxylic acids is 1. The van der Waals surface area contributed by atoms with Crippen molar-refractivity contribution in [2.45, 2.75) is 32.4 Å². The maximum absolute atomic E-state index is 11.7. The van der Waals surface area contributed by atoms with E-state index >= 15 is 0 Å². The highest BCUT2D eigenvalue weighted by Gasteiger charge is 2.27. The van der Waals surface area contributed by atoms with Gasteiger partial charge in [-0.05, 0) is 26.8 Å². The molecule has 1 aromatic carbocycles. The monoisotopic (exact) mass is 281 g/mol. The molecule has 1 aromatic rings. The second-order valence-electron chi connectivity index (χ2n) is 5.16. The summed E-state index contributed by atoms with van der Waals surface area (Å²) in [5.41, 5.74) is -0.346. The Bertz CT molecular complexity index is 493. The average Bonchev–Trinajstić information content (AvgIpc) is 2.33. The second kappa shape index (κ2) is 6.27. The number of hydrogen-bond donors (Lipinski definition) is 2. The average molecular weight is 281 g/mol. The number of carbonyl (C=O) groups excluding carboxylic acids is 1. The van der Waals surface area contributed by atoms with Crippen LogP contribution in [-0.4, -0.2) is 29.9 Å². The third kappa shape index (κ3) is 4.46. The number of amides is 1. The van der Waals surface area contributed by atoms with Crippen LogP contribution < -0.4 is 10.1 Å². The Morgan fingerprint density at radius 1 is 1.25 bits per heavy atom. The van der Waals surface area contributed by atoms with Crippen molar-refractivity contribution in [3.63, 3.8) is 0 Å². The second-order valence-corrected chi connectivity index (χ2v) is 5.16. The van der Waals surface area contributed by atoms with Crippen molar-refractivity contribution in [1.29, 1.82) is 0 Å². The smallest absolute Gasteiger partial charge is 0.408 e. The zero-order chi connectivity index (χ0) is 15.3. The van der Waals surface area contributed by atoms with E-state index in [1.165, 1.54) is 7.11 Å². The number of hydrogen-bond acceptors (Lipinski definition) is 4. The molecule has 1 amide bonds. The Morgan fingerprint density at radius 2 is 1.85 bits per heavy atom. The van der Waals surface area contributed by atoms with E-state index < -0.39 is 23.7 Å². The van der Waals surface area contributed by atoms with Crippen molar-refractivity contribution in [2.24, 2.45) is 0 Å². The fourth-order valence-electron chi connectivity index (χ4n) is 1.60. The molecule has 0 radical (unpaired) electrons. The number of carbonyl (C=O) groups is 2. The van der Waals surface area contributed by atoms with Gasteiger partial charge in [0.15, 0.2) is 6.04 Å². The molecule has 1 atom stereocenters. The lowest BCUT2D eigenvalue weighted by Gasteiger charge is -2.22. The molecule has 0 aromatic heterocycles. The zero-order valence-electron chi connectivity index (χ0n) is 12.0. The van der Waals surface area contributed by atoms with Gasteiger partial charge in [0.1, 0.15) is 11.4 Å². The van der Waals surface area contributed by atoms with Gasteiger partial charge in [0.05, 0.1) is 7.11 Å². The van der Waals surface area contributed by atoms with E-state index in [-0.39, 0.29) is 0 Å². The van der Waals surface area contributed by atoms with Gasteiger partial charge in [0.25, 0.3) is 0 Å². The number of nitrogens with one attached hydrogen (secondary N) is 1. The van der Waals surface area contributed by atoms with Crippen LogP contribution in [-0.2, 0) is 9.53 Å². The number of carboxylic acids is 1. The molecule has 20 heavy (non-hydrogen) atoms. The first-order valence-electron chi connectivity index (χ1n) is 6.10. The fourth-order valence-corrected chi connectivity index (χ4v) is 1.60. The number of para-hydroxylation sites is 1. The van der Waals surface area contributed by atoms with Gasteiger partial charge in [-0.15, -0.1) is 0 Å². The van der Waals surface area contributed by atoms with Crippen molar-refractivity contribution in [2.75, 3.05) is 7.11 Å². The van der Waals surface area contributed by atoms with Crippen LogP contribution in [0.15, 0.2) is 24.3 Å². The zero-order valence-corrected chi connectivity index (χ0v) is 12.0. The quantitative estimate of drug-likeness (QED) is 0.884. The molecule has 0 aliphatic rings. The highest BCUT2D eigenvalue weighted by molar-refractivity contribution is 5.82. The largest absolute Gasteiger partial charge is 0.496 e. The summed E-state index contributed by atoms with van der Waals surface area (Å²) >= 11 is 0. The third-order valence-electron chi connectivity index (χ3n) is 2.36. The Balaban J connectivity index is 2.96. The number of carboxylic acid groups (broad SMARTS) is 1. The van der Waals surface area contributed by atoms with Gasteiger partial charge in [-0.3, -0.25) is 0 Å². The molecule has 6 heteroatoms. The van der Waals surface area contributed by atoms with Crippen molar-refractivity contribution < 1.29 is 24.2 Å². The molecule has 0 fully saturated rings. The Hall–Kier alpha value is -2.24. The summed E-state index contributed by atoms with van der Waals surface area (Å²) in [6.45, 7) is 5.10. The molecule has 6 nitrogen and oxygen atoms in total. The Labute approximate surface area is 117 Å². The minimum absolute atomic E-state index is 0.355. The summed E-state index contributed by atoms with van der Waals surface area (Å²) in [6.07, 6.45) is -0.796. The first-order valence-corrected chi connectivity index (χ1v) is 6.10. The van der Waals surface area contributed by atoms with Crippen molar-refractivity contribution >= 4 is 12.1 Å². The van der Waals surface area contributed by atoms with Crippen molar-refractivity contribution in [1.82, 2.24) is 5.32 Å². The molecular weight excluding hydrogens is 262 g/mol. The normalized spacial score (nSPS) is 12.4. The summed E-state index contributed by atoms with van der Waals surface area (Å²) in [7, 11) is 1.44. The van der Waals surface area contributed by atoms with E-state index in [4.69, 9.17) is 9.47 Å². The van der Waals surface area contributed by atoms with E-state index in [0.29, 0.717) is 11.3 Å². The molecule has 0 saturated heterocycles. The van der Waals surface area contributed by atoms with E-state index in [9.17, 15) is 14.7 Å². The van der Waals surface area contributed by atoms with Crippen molar-refractivity contribution in [3.05, 3.63) is 29.8 Å². The van der Waals surface area contributed by atoms with Crippen LogP contribution in [0.1, 0.15) is 32.4 Å². The molecule has 2 N–H and O–H groups in total. The molecule has 0 heterocycles. The minimum Gasteiger partial charge on any atom is -0.496 e. The molecule has 0 spiro atoms. The lowest BCUT2D eigenvalue weighted by molar-refractivity contribution is -0.139. The van der Waals surface area contributed by atoms with Crippen LogP contribution in [0, 0.1) is 0 Å². The Kier molecular flexibility index (Phi) is 4.96. The molecule has 0 saturated carbocycles. The fraction of sp³-hybridized carbons (Fsp3) is 0.429. The predicted molar refractivity (Wildman–Crippen MR) is 72.7 cm³/mol. The van der Waals surface area contributed by atoms with Crippen LogP contribution >= 0.6 is 0 Å². The number of rotatable bonds is 4. The first kappa shape index (κ1) is 15.8. The summed E-state index contributed by atoms with van der Waals surface area (Å²) in [6, 6.07) is 5.36. The molecule has 110 valence electrons. The van der Waals surface area contributed by atoms with Crippen LogP contribution in [0.4, 0.5) is 4.79 Å². The lowest BCUT2D eigenvalue weighted by atomic mass is 10.1. The first-order chi connectivity index (χ1) is 9.24. The van der Waals surface area contributed by atoms with Crippen LogP contribution in [0.5, 0.6) is 5.75 Å². The van der Waals surface area contributed by atoms with Gasteiger partial charge in [0.2, 0.25) is 0 Å². The molecular formula is C14H19NO5. The summed E-state index contributed by atoms with van der Waals surface area (Å²) in [5, 5.41) is 11.6. The van der Waals surface area contributed by atoms with E-state index in [1.54, 1.807) is 45.0 Å². The van der Waals surface area contributed by atoms with Crippen molar-refractivity contribution in [3.8, 4) is 5.75 Å². The number of alkyl carbamates (subject to hydrolysis) is 1. The van der Waals surface area contributed by atoms with E-state index in [2.05, 4.69) is 5.32 Å². The molecule has 0 bridgehead atoms. The van der Waals surface area contributed by atoms with Gasteiger partial charge < -0.3 is 19.9 Å². The van der Waals surface area contributed by atoms with E-state index in [0.717, 1.165) is 0 Å². The maximum Gasteiger partial charge on any atom is 0.408 e. The van der Waals surface area contributed by atoms with Gasteiger partial charge >= 0.3 is 12.1 Å². The van der Waals surface area contributed by atoms with Gasteiger partial charge in [-0.2, -0.15) is 0 Å². The summed E-state index contributed by atoms with van der Waals surface area (Å²) in [5.74, 6) is -0.809. The number of ether oxygens (including phenoxy) is 2. The standard InChI is InChI=1S/C14H19NO5/c1-14(2,3)20-13(18)15-11(12(16)17)9-7-5-6-8-10(9)19-4/h5-8,11H,1-4H3,(H,15,18)(H,16,17)/t11-/m1/s1. The molecule has 0 aliphatic heterocycles. The topological polar surface area (TPSA) is 84.9 Å². The third-order valence-corrected chi connectivity index (χ3v) is 2.36. The van der Waals surface area contributed by atoms with Gasteiger partial charge in [-0.25, -0.2) is 9.59 Å². The Morgan fingerprint density at radius 3 is 2.35 bits per heavy atom. The number of benzene rings is 1. The van der Waals surface area contributed by atoms with Gasteiger partial charge in [0, 0.05) is 5.56 Å². The molecule has 0 unspecified atom stereocenters. The van der Waals surface area contributed by atoms with Gasteiger partial charge in [-0.1, -0.05) is 18.2 Å². The highest BCUT2D eigenvalue weighted by atomic mass is 16.6. The molecule has 1 rings (SSSR count). The minimum atomic E-state index is -1.24. The molecule has 0 aliphatic carbocycles. The lowest BCUT2D eigenvalue weighted by Crippen LogP contribution is -2.38. The van der Waals surface area contributed by atoms with Crippen LogP contribution in [0.3, 0.4) is 0 Å². The van der Waals surface area contributed by atoms with Crippen LogP contribution in [0.2, 0.25) is 0 Å². The summed E-state index contributed by atoms with van der Waals surface area (Å²) in [4.78, 5) is 23.1. The highest BCUT2D eigenvalue weighted by Crippen LogP contribution is 2.25. The van der Waals surface area contributed by atoms with E-state index in [1.807, 2.05) is 0 Å². The van der Waals surface area contributed by atoms with Crippen LogP contribution in [0.25, 0.3) is 0 Å². The summed E-state index contributed by atoms with van der Waals surface area (Å²) < 4.78 is 10.2. The number of methoxy groups -OCH3 is 1.